The van der Waals surface area contributed by atoms with Crippen molar-refractivity contribution in [3.8, 4) is 0 Å². The van der Waals surface area contributed by atoms with Crippen LogP contribution in [0.25, 0.3) is 0 Å². The summed E-state index contributed by atoms with van der Waals surface area (Å²) in [5.41, 5.74) is 1.09. The highest BCUT2D eigenvalue weighted by atomic mass is 28.4. The van der Waals surface area contributed by atoms with Crippen LogP contribution >= 0.6 is 0 Å². The first-order valence-electron chi connectivity index (χ1n) is 11.6. The molecule has 0 radical (unpaired) electrons. The number of benzene rings is 1. The Balaban J connectivity index is 2.28. The quantitative estimate of drug-likeness (QED) is 0.404. The smallest absolute Gasteiger partial charge is 0.306 e. The predicted octanol–water partition coefficient (Wildman–Crippen LogP) is 4.05. The summed E-state index contributed by atoms with van der Waals surface area (Å²) in [4.78, 5) is 24.2. The molecule has 4 atom stereocenters. The summed E-state index contributed by atoms with van der Waals surface area (Å²) in [6, 6.07) is 9.96. The van der Waals surface area contributed by atoms with Gasteiger partial charge in [-0.3, -0.25) is 9.59 Å². The number of carbonyl (C=O) groups excluding carboxylic acids is 2. The van der Waals surface area contributed by atoms with Crippen molar-refractivity contribution in [1.29, 1.82) is 1.43 Å². The Bertz CT molecular complexity index is 749. The van der Waals surface area contributed by atoms with Crippen molar-refractivity contribution in [1.82, 2.24) is 0 Å². The SMILES string of the molecule is [2H]OC[C@H]1O[C@@H](Cc2ccccc2)[C@@H](O[Si](C)(C)C(C)(C)C)C1OC(=O)CCC(=O)CC. The van der Waals surface area contributed by atoms with Gasteiger partial charge in [0.1, 0.15) is 18.0 Å². The number of ether oxygens (including phenoxy) is 2. The van der Waals surface area contributed by atoms with Crippen molar-refractivity contribution in [3.63, 3.8) is 0 Å². The van der Waals surface area contributed by atoms with Crippen molar-refractivity contribution in [2.24, 2.45) is 0 Å². The molecular weight excluding hydrogens is 412 g/mol. The van der Waals surface area contributed by atoms with E-state index in [2.05, 4.69) is 39.0 Å². The number of Topliss-reactive ketones (excluding diaryl/α,β-unsaturated/α-hetero) is 1. The Morgan fingerprint density at radius 2 is 1.81 bits per heavy atom. The first-order chi connectivity index (χ1) is 15.0. The summed E-state index contributed by atoms with van der Waals surface area (Å²) in [6.07, 6.45) is -0.974. The largest absolute Gasteiger partial charge is 0.457 e. The minimum absolute atomic E-state index is 0.0201. The van der Waals surface area contributed by atoms with Gasteiger partial charge in [-0.15, -0.1) is 0 Å². The fraction of sp³-hybridized carbons (Fsp3) is 0.667. The highest BCUT2D eigenvalue weighted by molar-refractivity contribution is 6.74. The number of ketones is 1. The van der Waals surface area contributed by atoms with Crippen molar-refractivity contribution >= 4 is 20.1 Å². The molecule has 0 amide bonds. The molecular formula is C24H38O6Si. The molecule has 0 spiro atoms. The maximum atomic E-state index is 12.6. The lowest BCUT2D eigenvalue weighted by atomic mass is 10.0. The molecule has 31 heavy (non-hydrogen) atoms. The fourth-order valence-corrected chi connectivity index (χ4v) is 4.70. The van der Waals surface area contributed by atoms with Gasteiger partial charge in [0, 0.05) is 19.3 Å². The van der Waals surface area contributed by atoms with Gasteiger partial charge in [0.2, 0.25) is 1.43 Å². The Kier molecular flexibility index (Phi) is 8.44. The topological polar surface area (TPSA) is 82.1 Å². The van der Waals surface area contributed by atoms with E-state index in [-0.39, 0.29) is 36.4 Å². The molecule has 1 aliphatic heterocycles. The van der Waals surface area contributed by atoms with Gasteiger partial charge in [0.15, 0.2) is 14.4 Å². The molecule has 174 valence electrons. The summed E-state index contributed by atoms with van der Waals surface area (Å²) in [7, 11) is -2.23. The number of hydrogen-bond acceptors (Lipinski definition) is 6. The van der Waals surface area contributed by atoms with Crippen LogP contribution in [0.15, 0.2) is 30.3 Å². The second-order valence-corrected chi connectivity index (χ2v) is 14.5. The van der Waals surface area contributed by atoms with E-state index >= 15 is 0 Å². The number of aliphatic hydroxyl groups is 1. The van der Waals surface area contributed by atoms with Gasteiger partial charge in [-0.25, -0.2) is 0 Å². The van der Waals surface area contributed by atoms with Gasteiger partial charge < -0.3 is 19.0 Å². The molecule has 1 aromatic carbocycles. The van der Waals surface area contributed by atoms with Gasteiger partial charge in [-0.1, -0.05) is 58.0 Å². The maximum absolute atomic E-state index is 12.6. The Morgan fingerprint density at radius 3 is 2.39 bits per heavy atom. The van der Waals surface area contributed by atoms with Crippen molar-refractivity contribution in [2.75, 3.05) is 6.61 Å². The minimum Gasteiger partial charge on any atom is -0.457 e. The number of hydrogen-bond donors (Lipinski definition) is 1. The Labute approximate surface area is 188 Å². The van der Waals surface area contributed by atoms with Gasteiger partial charge in [-0.2, -0.15) is 0 Å². The molecule has 6 nitrogen and oxygen atoms in total. The van der Waals surface area contributed by atoms with E-state index in [9.17, 15) is 9.59 Å². The standard InChI is InChI=1S/C24H38O6Si/c1-7-18(26)13-14-21(27)29-22-20(16-25)28-19(15-17-11-9-8-10-12-17)23(22)30-31(5,6)24(2,3)4/h8-12,19-20,22-23,25H,7,13-16H2,1-6H3/t19-,20+,22?,23+/m0/s1/i25D. The molecule has 7 heteroatoms. The van der Waals surface area contributed by atoms with Crippen LogP contribution in [0.2, 0.25) is 18.1 Å². The summed E-state index contributed by atoms with van der Waals surface area (Å²) in [6.45, 7) is 12.5. The van der Waals surface area contributed by atoms with Crippen LogP contribution < -0.4 is 0 Å². The van der Waals surface area contributed by atoms with Crippen LogP contribution in [0.4, 0.5) is 0 Å². The van der Waals surface area contributed by atoms with Gasteiger partial charge >= 0.3 is 5.97 Å². The normalized spacial score (nSPS) is 24.6. The summed E-state index contributed by atoms with van der Waals surface area (Å²) in [5, 5.41) is 4.59. The lowest BCUT2D eigenvalue weighted by Crippen LogP contribution is -2.51. The third-order valence-electron chi connectivity index (χ3n) is 6.36. The number of carbonyl (C=O) groups is 2. The first-order valence-corrected chi connectivity index (χ1v) is 14.1. The van der Waals surface area contributed by atoms with Gasteiger partial charge in [0.05, 0.1) is 19.1 Å². The molecule has 1 aromatic rings. The highest BCUT2D eigenvalue weighted by Crippen LogP contribution is 2.40. The van der Waals surface area contributed by atoms with Crippen LogP contribution in [-0.2, 0) is 29.9 Å². The van der Waals surface area contributed by atoms with E-state index < -0.39 is 32.6 Å². The lowest BCUT2D eigenvalue weighted by Gasteiger charge is -2.40. The zero-order valence-electron chi connectivity index (χ0n) is 20.7. The minimum atomic E-state index is -2.23. The third-order valence-corrected chi connectivity index (χ3v) is 10.8. The molecule has 2 rings (SSSR count). The molecule has 1 aliphatic rings. The van der Waals surface area contributed by atoms with Crippen LogP contribution in [0.1, 0.15) is 52.5 Å². The van der Waals surface area contributed by atoms with Crippen molar-refractivity contribution in [2.45, 2.75) is 95.9 Å². The fourth-order valence-electron chi connectivity index (χ4n) is 3.38. The molecule has 1 heterocycles. The number of aliphatic hydroxyl groups excluding tert-OH is 1. The van der Waals surface area contributed by atoms with Crippen LogP contribution in [0, 0.1) is 0 Å². The van der Waals surface area contributed by atoms with E-state index in [1.807, 2.05) is 30.3 Å². The molecule has 0 bridgehead atoms. The van der Waals surface area contributed by atoms with E-state index in [1.54, 1.807) is 6.92 Å². The molecule has 0 aromatic heterocycles. The van der Waals surface area contributed by atoms with Gasteiger partial charge in [-0.05, 0) is 23.7 Å². The second kappa shape index (κ2) is 10.9. The average molecular weight is 452 g/mol. The van der Waals surface area contributed by atoms with E-state index in [4.69, 9.17) is 15.3 Å². The van der Waals surface area contributed by atoms with E-state index in [1.165, 1.54) is 0 Å². The zero-order chi connectivity index (χ0) is 23.9. The number of rotatable bonds is 11. The van der Waals surface area contributed by atoms with Crippen molar-refractivity contribution < 1.29 is 28.6 Å². The molecule has 1 unspecified atom stereocenters. The second-order valence-electron chi connectivity index (χ2n) is 9.76. The highest BCUT2D eigenvalue weighted by Gasteiger charge is 2.51. The van der Waals surface area contributed by atoms with E-state index in [0.29, 0.717) is 12.8 Å². The predicted molar refractivity (Wildman–Crippen MR) is 122 cm³/mol. The Hall–Kier alpha value is -1.54. The molecule has 0 saturated carbocycles. The summed E-state index contributed by atoms with van der Waals surface area (Å²) < 4.78 is 26.0. The number of esters is 1. The molecule has 1 saturated heterocycles. The van der Waals surface area contributed by atoms with Gasteiger partial charge in [0.25, 0.3) is 0 Å². The zero-order valence-corrected chi connectivity index (χ0v) is 20.7. The molecule has 0 aliphatic carbocycles. The third kappa shape index (κ3) is 6.97. The Morgan fingerprint density at radius 1 is 1.13 bits per heavy atom. The van der Waals surface area contributed by atoms with Crippen LogP contribution in [0.5, 0.6) is 0 Å². The summed E-state index contributed by atoms with van der Waals surface area (Å²) in [5.74, 6) is -0.439. The van der Waals surface area contributed by atoms with Crippen molar-refractivity contribution in [3.05, 3.63) is 35.9 Å². The van der Waals surface area contributed by atoms with E-state index in [0.717, 1.165) is 5.56 Å². The monoisotopic (exact) mass is 451 g/mol. The maximum Gasteiger partial charge on any atom is 0.306 e. The molecule has 1 fully saturated rings. The first kappa shape index (κ1) is 24.1. The van der Waals surface area contributed by atoms with Crippen LogP contribution in [0.3, 0.4) is 0 Å². The summed E-state index contributed by atoms with van der Waals surface area (Å²) >= 11 is 0. The molecule has 1 N–H and O–H groups in total. The van der Waals surface area contributed by atoms with Crippen LogP contribution in [-0.4, -0.2) is 57.6 Å². The average Bonchev–Trinajstić information content (AvgIpc) is 3.02. The lowest BCUT2D eigenvalue weighted by molar-refractivity contribution is -0.157.